The Hall–Kier alpha value is -1.58. The van der Waals surface area contributed by atoms with Crippen molar-refractivity contribution in [3.05, 3.63) is 52.5 Å². The van der Waals surface area contributed by atoms with E-state index in [0.717, 1.165) is 5.56 Å². The summed E-state index contributed by atoms with van der Waals surface area (Å²) in [5, 5.41) is 1.36. The standard InChI is InChI=1S/C8H6Cl2.C7H9NO2/c1-2-6-5-7(9)3-4-8(6)10;1-5(2)8-6(9)3-4-7(8)10/h2-5H,1H2;3-5H,1-2H3. The van der Waals surface area contributed by atoms with E-state index < -0.39 is 0 Å². The van der Waals surface area contributed by atoms with Crippen LogP contribution in [0.5, 0.6) is 0 Å². The van der Waals surface area contributed by atoms with Gasteiger partial charge < -0.3 is 0 Å². The summed E-state index contributed by atoms with van der Waals surface area (Å²) in [7, 11) is 0. The van der Waals surface area contributed by atoms with Crippen molar-refractivity contribution in [1.29, 1.82) is 0 Å². The molecule has 0 saturated heterocycles. The van der Waals surface area contributed by atoms with E-state index in [9.17, 15) is 9.59 Å². The van der Waals surface area contributed by atoms with Crippen LogP contribution in [0.2, 0.25) is 10.0 Å². The molecule has 0 aromatic heterocycles. The number of imide groups is 1. The SMILES string of the molecule is C=Cc1cc(Cl)ccc1Cl.CC(C)N1C(=O)C=CC1=O. The number of hydrogen-bond donors (Lipinski definition) is 0. The Labute approximate surface area is 128 Å². The average molecular weight is 312 g/mol. The molecular formula is C15H15Cl2NO2. The zero-order valence-electron chi connectivity index (χ0n) is 11.3. The maximum Gasteiger partial charge on any atom is 0.253 e. The van der Waals surface area contributed by atoms with Gasteiger partial charge in [-0.3, -0.25) is 14.5 Å². The van der Waals surface area contributed by atoms with E-state index in [1.165, 1.54) is 17.1 Å². The number of benzene rings is 1. The summed E-state index contributed by atoms with van der Waals surface area (Å²) >= 11 is 11.5. The lowest BCUT2D eigenvalue weighted by atomic mass is 10.2. The highest BCUT2D eigenvalue weighted by Gasteiger charge is 2.25. The first-order valence-corrected chi connectivity index (χ1v) is 6.75. The van der Waals surface area contributed by atoms with E-state index in [1.54, 1.807) is 24.3 Å². The highest BCUT2D eigenvalue weighted by molar-refractivity contribution is 6.34. The van der Waals surface area contributed by atoms with E-state index in [4.69, 9.17) is 23.2 Å². The third-order valence-corrected chi connectivity index (χ3v) is 3.12. The second kappa shape index (κ2) is 7.27. The number of carbonyl (C=O) groups excluding carboxylic acids is 2. The summed E-state index contributed by atoms with van der Waals surface area (Å²) in [4.78, 5) is 22.9. The van der Waals surface area contributed by atoms with Crippen molar-refractivity contribution in [2.45, 2.75) is 19.9 Å². The minimum Gasteiger partial charge on any atom is -0.273 e. The number of amides is 2. The average Bonchev–Trinajstić information content (AvgIpc) is 2.72. The van der Waals surface area contributed by atoms with Crippen molar-refractivity contribution in [2.75, 3.05) is 0 Å². The molecule has 1 aliphatic heterocycles. The van der Waals surface area contributed by atoms with E-state index >= 15 is 0 Å². The lowest BCUT2D eigenvalue weighted by molar-refractivity contribution is -0.138. The quantitative estimate of drug-likeness (QED) is 0.775. The van der Waals surface area contributed by atoms with Crippen LogP contribution in [0.3, 0.4) is 0 Å². The van der Waals surface area contributed by atoms with E-state index in [2.05, 4.69) is 6.58 Å². The maximum absolute atomic E-state index is 10.8. The molecule has 20 heavy (non-hydrogen) atoms. The van der Waals surface area contributed by atoms with Gasteiger partial charge in [-0.1, -0.05) is 35.9 Å². The summed E-state index contributed by atoms with van der Waals surface area (Å²) in [6.45, 7) is 7.21. The van der Waals surface area contributed by atoms with Gasteiger partial charge in [0.15, 0.2) is 0 Å². The molecule has 1 aromatic rings. The molecule has 2 amide bonds. The molecule has 106 valence electrons. The first-order valence-electron chi connectivity index (χ1n) is 5.99. The predicted molar refractivity (Wildman–Crippen MR) is 82.7 cm³/mol. The fraction of sp³-hybridized carbons (Fsp3) is 0.200. The van der Waals surface area contributed by atoms with Crippen molar-refractivity contribution in [1.82, 2.24) is 4.90 Å². The van der Waals surface area contributed by atoms with Crippen LogP contribution < -0.4 is 0 Å². The normalized spacial score (nSPS) is 13.6. The predicted octanol–water partition coefficient (Wildman–Crippen LogP) is 3.96. The number of halogens is 2. The van der Waals surface area contributed by atoms with Crippen molar-refractivity contribution in [3.63, 3.8) is 0 Å². The van der Waals surface area contributed by atoms with E-state index in [0.29, 0.717) is 10.0 Å². The van der Waals surface area contributed by atoms with Crippen LogP contribution >= 0.6 is 23.2 Å². The number of nitrogens with zero attached hydrogens (tertiary/aromatic N) is 1. The van der Waals surface area contributed by atoms with E-state index in [1.807, 2.05) is 13.8 Å². The summed E-state index contributed by atoms with van der Waals surface area (Å²) in [5.41, 5.74) is 0.870. The van der Waals surface area contributed by atoms with Crippen LogP contribution in [0, 0.1) is 0 Å². The van der Waals surface area contributed by atoms with E-state index in [-0.39, 0.29) is 17.9 Å². The van der Waals surface area contributed by atoms with Gasteiger partial charge in [0.05, 0.1) is 0 Å². The van der Waals surface area contributed by atoms with Crippen molar-refractivity contribution in [2.24, 2.45) is 0 Å². The largest absolute Gasteiger partial charge is 0.273 e. The summed E-state index contributed by atoms with van der Waals surface area (Å²) in [6.07, 6.45) is 4.26. The molecule has 0 aliphatic carbocycles. The monoisotopic (exact) mass is 311 g/mol. The summed E-state index contributed by atoms with van der Waals surface area (Å²) in [5.74, 6) is -0.417. The van der Waals surface area contributed by atoms with Crippen LogP contribution in [0.4, 0.5) is 0 Å². The van der Waals surface area contributed by atoms with Crippen LogP contribution in [0.1, 0.15) is 19.4 Å². The second-order valence-corrected chi connectivity index (χ2v) is 5.19. The third-order valence-electron chi connectivity index (χ3n) is 2.54. The van der Waals surface area contributed by atoms with Gasteiger partial charge >= 0.3 is 0 Å². The molecule has 0 radical (unpaired) electrons. The van der Waals surface area contributed by atoms with Gasteiger partial charge in [0.25, 0.3) is 11.8 Å². The molecule has 0 N–H and O–H groups in total. The Bertz CT molecular complexity index is 547. The minimum atomic E-state index is -0.208. The Morgan fingerprint density at radius 2 is 1.70 bits per heavy atom. The minimum absolute atomic E-state index is 0.0324. The fourth-order valence-corrected chi connectivity index (χ4v) is 1.97. The topological polar surface area (TPSA) is 37.4 Å². The van der Waals surface area contributed by atoms with Gasteiger partial charge in [0.2, 0.25) is 0 Å². The highest BCUT2D eigenvalue weighted by atomic mass is 35.5. The zero-order valence-corrected chi connectivity index (χ0v) is 12.8. The van der Waals surface area contributed by atoms with Gasteiger partial charge in [-0.05, 0) is 37.6 Å². The summed E-state index contributed by atoms with van der Waals surface area (Å²) in [6, 6.07) is 5.24. The van der Waals surface area contributed by atoms with Crippen molar-refractivity contribution >= 4 is 41.1 Å². The molecule has 0 spiro atoms. The molecule has 1 aliphatic rings. The second-order valence-electron chi connectivity index (χ2n) is 4.34. The number of carbonyl (C=O) groups is 2. The molecule has 0 fully saturated rings. The molecule has 1 heterocycles. The Balaban J connectivity index is 0.000000200. The van der Waals surface area contributed by atoms with Gasteiger partial charge in [0, 0.05) is 28.2 Å². The van der Waals surface area contributed by atoms with Crippen LogP contribution in [-0.4, -0.2) is 22.8 Å². The maximum atomic E-state index is 10.8. The first-order chi connectivity index (χ1) is 9.36. The molecular weight excluding hydrogens is 297 g/mol. The molecule has 3 nitrogen and oxygen atoms in total. The van der Waals surface area contributed by atoms with Crippen molar-refractivity contribution < 1.29 is 9.59 Å². The van der Waals surface area contributed by atoms with Gasteiger partial charge in [0.1, 0.15) is 0 Å². The number of rotatable bonds is 2. The zero-order chi connectivity index (χ0) is 15.3. The van der Waals surface area contributed by atoms with Gasteiger partial charge in [-0.25, -0.2) is 0 Å². The number of hydrogen-bond acceptors (Lipinski definition) is 2. The van der Waals surface area contributed by atoms with Crippen LogP contribution in [0.25, 0.3) is 6.08 Å². The van der Waals surface area contributed by atoms with Crippen molar-refractivity contribution in [3.8, 4) is 0 Å². The van der Waals surface area contributed by atoms with Crippen LogP contribution in [0.15, 0.2) is 36.9 Å². The molecule has 1 aromatic carbocycles. The van der Waals surface area contributed by atoms with Gasteiger partial charge in [-0.15, -0.1) is 0 Å². The fourth-order valence-electron chi connectivity index (χ4n) is 1.59. The third kappa shape index (κ3) is 4.22. The molecule has 0 saturated carbocycles. The lowest BCUT2D eigenvalue weighted by Gasteiger charge is -2.17. The Kier molecular flexibility index (Phi) is 5.99. The molecule has 2 rings (SSSR count). The molecule has 5 heteroatoms. The smallest absolute Gasteiger partial charge is 0.253 e. The Morgan fingerprint density at radius 3 is 2.05 bits per heavy atom. The molecule has 0 atom stereocenters. The highest BCUT2D eigenvalue weighted by Crippen LogP contribution is 2.20. The summed E-state index contributed by atoms with van der Waals surface area (Å²) < 4.78 is 0. The lowest BCUT2D eigenvalue weighted by Crippen LogP contribution is -2.36. The Morgan fingerprint density at radius 1 is 1.15 bits per heavy atom. The molecule has 0 unspecified atom stereocenters. The first kappa shape index (κ1) is 16.5. The van der Waals surface area contributed by atoms with Crippen LogP contribution in [-0.2, 0) is 9.59 Å². The van der Waals surface area contributed by atoms with Gasteiger partial charge in [-0.2, -0.15) is 0 Å². The molecule has 0 bridgehead atoms.